The third-order valence-corrected chi connectivity index (χ3v) is 5.03. The van der Waals surface area contributed by atoms with Gasteiger partial charge < -0.3 is 9.47 Å². The van der Waals surface area contributed by atoms with Crippen LogP contribution in [0.5, 0.6) is 0 Å². The van der Waals surface area contributed by atoms with Crippen molar-refractivity contribution in [2.24, 2.45) is 0 Å². The lowest BCUT2D eigenvalue weighted by atomic mass is 10.1. The normalized spacial score (nSPS) is 33.7. The number of ether oxygens (including phenoxy) is 2. The first-order valence-electron chi connectivity index (χ1n) is 6.78. The van der Waals surface area contributed by atoms with Crippen LogP contribution in [0.4, 0.5) is 0 Å². The molecular formula is C12H23NO4S. The third-order valence-electron chi connectivity index (χ3n) is 3.56. The van der Waals surface area contributed by atoms with Gasteiger partial charge in [-0.2, -0.15) is 0 Å². The van der Waals surface area contributed by atoms with Gasteiger partial charge in [0.15, 0.2) is 0 Å². The minimum Gasteiger partial charge on any atom is -0.378 e. The van der Waals surface area contributed by atoms with E-state index in [9.17, 15) is 8.42 Å². The number of sulfonamides is 1. The Bertz CT molecular complexity index is 351. The van der Waals surface area contributed by atoms with Gasteiger partial charge in [-0.1, -0.05) is 0 Å². The summed E-state index contributed by atoms with van der Waals surface area (Å²) in [4.78, 5) is 0. The van der Waals surface area contributed by atoms with Crippen LogP contribution < -0.4 is 4.72 Å². The Balaban J connectivity index is 1.75. The summed E-state index contributed by atoms with van der Waals surface area (Å²) >= 11 is 0. The summed E-state index contributed by atoms with van der Waals surface area (Å²) in [5.74, 6) is 0.170. The van der Waals surface area contributed by atoms with Crippen LogP contribution >= 0.6 is 0 Å². The highest BCUT2D eigenvalue weighted by molar-refractivity contribution is 7.89. The zero-order chi connectivity index (χ0) is 13.0. The minimum absolute atomic E-state index is 0.0308. The molecule has 0 saturated carbocycles. The molecule has 3 unspecified atom stereocenters. The first-order chi connectivity index (χ1) is 8.55. The quantitative estimate of drug-likeness (QED) is 0.815. The predicted octanol–water partition coefficient (Wildman–Crippen LogP) is 1.04. The van der Waals surface area contributed by atoms with Gasteiger partial charge >= 0.3 is 0 Å². The summed E-state index contributed by atoms with van der Waals surface area (Å²) < 4.78 is 37.5. The summed E-state index contributed by atoms with van der Waals surface area (Å²) in [5, 5.41) is 0. The van der Waals surface area contributed by atoms with E-state index in [4.69, 9.17) is 9.47 Å². The molecule has 0 spiro atoms. The Hall–Kier alpha value is -0.170. The Morgan fingerprint density at radius 3 is 2.72 bits per heavy atom. The van der Waals surface area contributed by atoms with Gasteiger partial charge in [0.1, 0.15) is 0 Å². The Morgan fingerprint density at radius 1 is 1.22 bits per heavy atom. The van der Waals surface area contributed by atoms with Crippen LogP contribution in [0, 0.1) is 0 Å². The monoisotopic (exact) mass is 277 g/mol. The van der Waals surface area contributed by atoms with E-state index < -0.39 is 10.0 Å². The van der Waals surface area contributed by atoms with Crippen molar-refractivity contribution in [3.05, 3.63) is 0 Å². The highest BCUT2D eigenvalue weighted by atomic mass is 32.2. The molecule has 0 bridgehead atoms. The molecule has 2 aliphatic heterocycles. The highest BCUT2D eigenvalue weighted by Crippen LogP contribution is 2.17. The van der Waals surface area contributed by atoms with Crippen molar-refractivity contribution in [2.75, 3.05) is 19.0 Å². The van der Waals surface area contributed by atoms with Crippen LogP contribution in [0.25, 0.3) is 0 Å². The molecule has 0 aromatic rings. The van der Waals surface area contributed by atoms with E-state index in [1.807, 2.05) is 6.92 Å². The molecular weight excluding hydrogens is 254 g/mol. The average molecular weight is 277 g/mol. The van der Waals surface area contributed by atoms with Crippen LogP contribution in [0.15, 0.2) is 0 Å². The lowest BCUT2D eigenvalue weighted by molar-refractivity contribution is 0.0173. The molecule has 0 aromatic carbocycles. The second-order valence-corrected chi connectivity index (χ2v) is 7.14. The van der Waals surface area contributed by atoms with Crippen molar-refractivity contribution in [3.63, 3.8) is 0 Å². The molecule has 3 atom stereocenters. The molecule has 2 fully saturated rings. The van der Waals surface area contributed by atoms with Crippen molar-refractivity contribution < 1.29 is 17.9 Å². The largest absolute Gasteiger partial charge is 0.378 e. The summed E-state index contributed by atoms with van der Waals surface area (Å²) in [6.07, 6.45) is 4.45. The fourth-order valence-corrected chi connectivity index (χ4v) is 3.99. The van der Waals surface area contributed by atoms with Crippen LogP contribution in [-0.2, 0) is 19.5 Å². The van der Waals surface area contributed by atoms with E-state index in [0.717, 1.165) is 32.3 Å². The van der Waals surface area contributed by atoms with Crippen molar-refractivity contribution in [3.8, 4) is 0 Å². The number of hydrogen-bond donors (Lipinski definition) is 1. The maximum absolute atomic E-state index is 12.0. The van der Waals surface area contributed by atoms with Gasteiger partial charge in [0.05, 0.1) is 18.0 Å². The summed E-state index contributed by atoms with van der Waals surface area (Å²) in [6, 6.07) is 0.0308. The molecule has 0 radical (unpaired) electrons. The standard InChI is InChI=1S/C12H23NO4S/c1-10-9-11(4-7-16-10)13-18(14,15)8-5-12-3-2-6-17-12/h10-13H,2-9H2,1H3. The molecule has 2 rings (SSSR count). The van der Waals surface area contributed by atoms with Gasteiger partial charge in [0.25, 0.3) is 0 Å². The van der Waals surface area contributed by atoms with Gasteiger partial charge in [-0.05, 0) is 39.0 Å². The molecule has 5 nitrogen and oxygen atoms in total. The fourth-order valence-electron chi connectivity index (χ4n) is 2.58. The molecule has 18 heavy (non-hydrogen) atoms. The second kappa shape index (κ2) is 6.32. The van der Waals surface area contributed by atoms with Crippen LogP contribution in [0.1, 0.15) is 39.0 Å². The van der Waals surface area contributed by atoms with Gasteiger partial charge in [-0.3, -0.25) is 0 Å². The summed E-state index contributed by atoms with van der Waals surface area (Å²) in [6.45, 7) is 3.39. The van der Waals surface area contributed by atoms with E-state index in [1.54, 1.807) is 0 Å². The molecule has 6 heteroatoms. The Kier molecular flexibility index (Phi) is 5.00. The van der Waals surface area contributed by atoms with Crippen LogP contribution in [-0.4, -0.2) is 45.6 Å². The third kappa shape index (κ3) is 4.50. The molecule has 0 aliphatic carbocycles. The van der Waals surface area contributed by atoms with Gasteiger partial charge in [-0.25, -0.2) is 13.1 Å². The lowest BCUT2D eigenvalue weighted by Crippen LogP contribution is -2.42. The van der Waals surface area contributed by atoms with E-state index in [2.05, 4.69) is 4.72 Å². The van der Waals surface area contributed by atoms with E-state index in [-0.39, 0.29) is 24.0 Å². The fraction of sp³-hybridized carbons (Fsp3) is 1.00. The summed E-state index contributed by atoms with van der Waals surface area (Å²) in [5.41, 5.74) is 0. The smallest absolute Gasteiger partial charge is 0.211 e. The summed E-state index contributed by atoms with van der Waals surface area (Å²) in [7, 11) is -3.18. The van der Waals surface area contributed by atoms with Crippen molar-refractivity contribution in [1.82, 2.24) is 4.72 Å². The zero-order valence-electron chi connectivity index (χ0n) is 10.9. The molecule has 2 heterocycles. The molecule has 0 amide bonds. The second-order valence-electron chi connectivity index (χ2n) is 5.26. The van der Waals surface area contributed by atoms with Crippen molar-refractivity contribution in [2.45, 2.75) is 57.3 Å². The van der Waals surface area contributed by atoms with E-state index in [1.165, 1.54) is 0 Å². The number of nitrogens with one attached hydrogen (secondary N) is 1. The van der Waals surface area contributed by atoms with Gasteiger partial charge in [-0.15, -0.1) is 0 Å². The average Bonchev–Trinajstić information content (AvgIpc) is 2.78. The highest BCUT2D eigenvalue weighted by Gasteiger charge is 2.25. The van der Waals surface area contributed by atoms with Crippen molar-refractivity contribution in [1.29, 1.82) is 0 Å². The first-order valence-corrected chi connectivity index (χ1v) is 8.43. The number of rotatable bonds is 5. The first kappa shape index (κ1) is 14.2. The van der Waals surface area contributed by atoms with Crippen molar-refractivity contribution >= 4 is 10.0 Å². The predicted molar refractivity (Wildman–Crippen MR) is 68.9 cm³/mol. The number of hydrogen-bond acceptors (Lipinski definition) is 4. The Labute approximate surface area is 109 Å². The molecule has 0 aromatic heterocycles. The van der Waals surface area contributed by atoms with Crippen LogP contribution in [0.3, 0.4) is 0 Å². The van der Waals surface area contributed by atoms with Gasteiger partial charge in [0, 0.05) is 19.3 Å². The molecule has 106 valence electrons. The molecule has 2 saturated heterocycles. The minimum atomic E-state index is -3.18. The zero-order valence-corrected chi connectivity index (χ0v) is 11.7. The maximum Gasteiger partial charge on any atom is 0.211 e. The van der Waals surface area contributed by atoms with Crippen LogP contribution in [0.2, 0.25) is 0 Å². The topological polar surface area (TPSA) is 64.6 Å². The lowest BCUT2D eigenvalue weighted by Gasteiger charge is -2.27. The van der Waals surface area contributed by atoms with E-state index in [0.29, 0.717) is 13.0 Å². The van der Waals surface area contributed by atoms with Gasteiger partial charge in [0.2, 0.25) is 10.0 Å². The maximum atomic E-state index is 12.0. The van der Waals surface area contributed by atoms with E-state index >= 15 is 0 Å². The Morgan fingerprint density at radius 2 is 2.06 bits per heavy atom. The SMILES string of the molecule is CC1CC(NS(=O)(=O)CCC2CCCO2)CCO1. The molecule has 1 N–H and O–H groups in total. The molecule has 2 aliphatic rings.